The van der Waals surface area contributed by atoms with Crippen molar-refractivity contribution < 1.29 is 4.79 Å². The number of amides is 1. The first-order valence-electron chi connectivity index (χ1n) is 3.33. The molecular weight excluding hydrogens is 128 g/mol. The second-order valence-electron chi connectivity index (χ2n) is 2.82. The van der Waals surface area contributed by atoms with Gasteiger partial charge < -0.3 is 5.73 Å². The normalized spacial score (nSPS) is 12.3. The Morgan fingerprint density at radius 1 is 1.70 bits per heavy atom. The van der Waals surface area contributed by atoms with Crippen molar-refractivity contribution in [2.45, 2.75) is 27.2 Å². The van der Waals surface area contributed by atoms with Crippen molar-refractivity contribution in [1.29, 1.82) is 0 Å². The first-order chi connectivity index (χ1) is 4.54. The van der Waals surface area contributed by atoms with Crippen LogP contribution < -0.4 is 5.73 Å². The summed E-state index contributed by atoms with van der Waals surface area (Å²) < 4.78 is 0. The molecule has 0 saturated carbocycles. The molecule has 0 bridgehead atoms. The molecule has 0 unspecified atom stereocenters. The molecule has 0 saturated heterocycles. The lowest BCUT2D eigenvalue weighted by Gasteiger charge is -2.16. The summed E-state index contributed by atoms with van der Waals surface area (Å²) in [6, 6.07) is 0. The van der Waals surface area contributed by atoms with E-state index in [1.165, 1.54) is 0 Å². The Hall–Kier alpha value is -0.860. The van der Waals surface area contributed by atoms with Gasteiger partial charge in [-0.15, -0.1) is 0 Å². The minimum absolute atomic E-state index is 0.155. The Labute approximate surface area is 61.3 Å². The third kappa shape index (κ3) is 2.17. The van der Waals surface area contributed by atoms with Crippen molar-refractivity contribution >= 4 is 12.2 Å². The number of carbonyl (C=O) groups is 1. The van der Waals surface area contributed by atoms with Crippen molar-refractivity contribution in [3.8, 4) is 0 Å². The average molecular weight is 142 g/mol. The zero-order valence-electron chi connectivity index (χ0n) is 6.72. The van der Waals surface area contributed by atoms with Gasteiger partial charge in [-0.3, -0.25) is 4.79 Å². The third-order valence-corrected chi connectivity index (χ3v) is 1.65. The van der Waals surface area contributed by atoms with Crippen LogP contribution in [0, 0.1) is 5.41 Å². The van der Waals surface area contributed by atoms with E-state index in [4.69, 9.17) is 5.73 Å². The molecule has 0 heterocycles. The molecule has 0 fully saturated rings. The number of rotatable bonds is 2. The Morgan fingerprint density at radius 3 is 2.50 bits per heavy atom. The molecule has 1 amide bonds. The van der Waals surface area contributed by atoms with Crippen LogP contribution in [0.2, 0.25) is 0 Å². The third-order valence-electron chi connectivity index (χ3n) is 1.65. The lowest BCUT2D eigenvalue weighted by atomic mass is 9.90. The monoisotopic (exact) mass is 142 g/mol. The fourth-order valence-electron chi connectivity index (χ4n) is 0.394. The van der Waals surface area contributed by atoms with Crippen LogP contribution in [0.15, 0.2) is 4.99 Å². The molecule has 3 nitrogen and oxygen atoms in total. The summed E-state index contributed by atoms with van der Waals surface area (Å²) >= 11 is 0. The van der Waals surface area contributed by atoms with Crippen molar-refractivity contribution in [2.24, 2.45) is 16.1 Å². The fraction of sp³-hybridized carbons (Fsp3) is 0.714. The SMILES string of the molecule is CCC(C)(C)C(=O)N=CN. The summed E-state index contributed by atoms with van der Waals surface area (Å²) in [4.78, 5) is 14.5. The topological polar surface area (TPSA) is 55.5 Å². The summed E-state index contributed by atoms with van der Waals surface area (Å²) in [7, 11) is 0. The van der Waals surface area contributed by atoms with E-state index in [2.05, 4.69) is 4.99 Å². The molecule has 0 aromatic carbocycles. The number of hydrogen-bond donors (Lipinski definition) is 1. The van der Waals surface area contributed by atoms with Crippen LogP contribution in [0.5, 0.6) is 0 Å². The Balaban J connectivity index is 4.18. The number of nitrogens with zero attached hydrogens (tertiary/aromatic N) is 1. The van der Waals surface area contributed by atoms with Crippen molar-refractivity contribution in [3.63, 3.8) is 0 Å². The smallest absolute Gasteiger partial charge is 0.252 e. The van der Waals surface area contributed by atoms with E-state index in [-0.39, 0.29) is 11.3 Å². The molecule has 0 aliphatic rings. The molecule has 0 aliphatic carbocycles. The minimum Gasteiger partial charge on any atom is -0.390 e. The molecule has 0 rings (SSSR count). The minimum atomic E-state index is -0.365. The molecule has 3 heteroatoms. The summed E-state index contributed by atoms with van der Waals surface area (Å²) in [5.74, 6) is -0.155. The summed E-state index contributed by atoms with van der Waals surface area (Å²) in [5.41, 5.74) is 4.60. The molecule has 0 radical (unpaired) electrons. The van der Waals surface area contributed by atoms with Crippen LogP contribution in [0.1, 0.15) is 27.2 Å². The highest BCUT2D eigenvalue weighted by Crippen LogP contribution is 2.20. The van der Waals surface area contributed by atoms with Gasteiger partial charge >= 0.3 is 0 Å². The Kier molecular flexibility index (Phi) is 3.06. The fourth-order valence-corrected chi connectivity index (χ4v) is 0.394. The lowest BCUT2D eigenvalue weighted by molar-refractivity contribution is -0.125. The molecule has 0 aromatic heterocycles. The molecule has 2 N–H and O–H groups in total. The number of carbonyl (C=O) groups excluding carboxylic acids is 1. The maximum Gasteiger partial charge on any atom is 0.252 e. The molecule has 58 valence electrons. The van der Waals surface area contributed by atoms with Gasteiger partial charge in [0.05, 0.1) is 6.34 Å². The second-order valence-corrected chi connectivity index (χ2v) is 2.82. The van der Waals surface area contributed by atoms with E-state index < -0.39 is 0 Å². The maximum absolute atomic E-state index is 11.0. The van der Waals surface area contributed by atoms with E-state index >= 15 is 0 Å². The second kappa shape index (κ2) is 3.34. The van der Waals surface area contributed by atoms with E-state index in [0.717, 1.165) is 12.8 Å². The molecule has 0 spiro atoms. The molecular formula is C7H14N2O. The Bertz CT molecular complexity index is 150. The van der Waals surface area contributed by atoms with Crippen LogP contribution in [0.3, 0.4) is 0 Å². The maximum atomic E-state index is 11.0. The van der Waals surface area contributed by atoms with Gasteiger partial charge in [-0.25, -0.2) is 4.99 Å². The lowest BCUT2D eigenvalue weighted by Crippen LogP contribution is -2.21. The van der Waals surface area contributed by atoms with Gasteiger partial charge in [0.25, 0.3) is 5.91 Å². The predicted octanol–water partition coefficient (Wildman–Crippen LogP) is 0.936. The number of hydrogen-bond acceptors (Lipinski definition) is 1. The quantitative estimate of drug-likeness (QED) is 0.460. The van der Waals surface area contributed by atoms with Gasteiger partial charge in [-0.05, 0) is 6.42 Å². The summed E-state index contributed by atoms with van der Waals surface area (Å²) in [5, 5.41) is 0. The summed E-state index contributed by atoms with van der Waals surface area (Å²) in [6.45, 7) is 5.65. The largest absolute Gasteiger partial charge is 0.390 e. The standard InChI is InChI=1S/C7H14N2O/c1-4-7(2,3)6(10)9-5-8/h5H,4H2,1-3H3,(H2,8,9,10). The summed E-state index contributed by atoms with van der Waals surface area (Å²) in [6.07, 6.45) is 1.82. The van der Waals surface area contributed by atoms with E-state index in [0.29, 0.717) is 0 Å². The van der Waals surface area contributed by atoms with Crippen molar-refractivity contribution in [3.05, 3.63) is 0 Å². The van der Waals surface area contributed by atoms with Crippen LogP contribution in [0.25, 0.3) is 0 Å². The van der Waals surface area contributed by atoms with Crippen LogP contribution >= 0.6 is 0 Å². The van der Waals surface area contributed by atoms with Gasteiger partial charge in [0.2, 0.25) is 0 Å². The number of nitrogens with two attached hydrogens (primary N) is 1. The highest BCUT2D eigenvalue weighted by molar-refractivity contribution is 5.88. The van der Waals surface area contributed by atoms with E-state index in [1.807, 2.05) is 20.8 Å². The van der Waals surface area contributed by atoms with Gasteiger partial charge in [-0.2, -0.15) is 0 Å². The van der Waals surface area contributed by atoms with Crippen molar-refractivity contribution in [2.75, 3.05) is 0 Å². The van der Waals surface area contributed by atoms with Crippen LogP contribution in [-0.4, -0.2) is 12.2 Å². The molecule has 0 aromatic rings. The molecule has 0 atom stereocenters. The van der Waals surface area contributed by atoms with Crippen LogP contribution in [-0.2, 0) is 4.79 Å². The zero-order valence-corrected chi connectivity index (χ0v) is 6.72. The Morgan fingerprint density at radius 2 is 2.20 bits per heavy atom. The highest BCUT2D eigenvalue weighted by atomic mass is 16.1. The van der Waals surface area contributed by atoms with Gasteiger partial charge in [0.15, 0.2) is 0 Å². The average Bonchev–Trinajstić information content (AvgIpc) is 1.89. The highest BCUT2D eigenvalue weighted by Gasteiger charge is 2.23. The zero-order chi connectivity index (χ0) is 8.20. The molecule has 10 heavy (non-hydrogen) atoms. The van der Waals surface area contributed by atoms with Gasteiger partial charge in [-0.1, -0.05) is 20.8 Å². The number of aliphatic imine (C=N–C) groups is 1. The van der Waals surface area contributed by atoms with Gasteiger partial charge in [0, 0.05) is 5.41 Å². The van der Waals surface area contributed by atoms with E-state index in [9.17, 15) is 4.79 Å². The predicted molar refractivity (Wildman–Crippen MR) is 41.8 cm³/mol. The first kappa shape index (κ1) is 9.14. The van der Waals surface area contributed by atoms with Crippen molar-refractivity contribution in [1.82, 2.24) is 0 Å². The van der Waals surface area contributed by atoms with Gasteiger partial charge in [0.1, 0.15) is 0 Å². The first-order valence-corrected chi connectivity index (χ1v) is 3.33. The molecule has 0 aliphatic heterocycles. The van der Waals surface area contributed by atoms with E-state index in [1.54, 1.807) is 0 Å². The van der Waals surface area contributed by atoms with Crippen LogP contribution in [0.4, 0.5) is 0 Å².